The van der Waals surface area contributed by atoms with Crippen LogP contribution in [-0.4, -0.2) is 31.6 Å². The second-order valence-electron chi connectivity index (χ2n) is 4.57. The predicted octanol–water partition coefficient (Wildman–Crippen LogP) is 1.13. The highest BCUT2D eigenvalue weighted by Crippen LogP contribution is 2.56. The molecular weight excluding hydrogens is 188 g/mol. The van der Waals surface area contributed by atoms with Gasteiger partial charge in [0.15, 0.2) is 9.84 Å². The van der Waals surface area contributed by atoms with Crippen LogP contribution in [0.1, 0.15) is 32.6 Å². The lowest BCUT2D eigenvalue weighted by molar-refractivity contribution is 0.191. The van der Waals surface area contributed by atoms with Crippen molar-refractivity contribution in [1.82, 2.24) is 0 Å². The molecule has 13 heavy (non-hydrogen) atoms. The normalized spacial score (nSPS) is 28.5. The third kappa shape index (κ3) is 1.15. The fourth-order valence-corrected chi connectivity index (χ4v) is 4.46. The Balaban J connectivity index is 2.25. The Morgan fingerprint density at radius 1 is 1.23 bits per heavy atom. The van der Waals surface area contributed by atoms with E-state index in [0.29, 0.717) is 6.61 Å². The first kappa shape index (κ1) is 9.46. The van der Waals surface area contributed by atoms with Gasteiger partial charge in [-0.05, 0) is 32.6 Å². The lowest BCUT2D eigenvalue weighted by Gasteiger charge is -2.19. The molecule has 0 heterocycles. The molecule has 0 atom stereocenters. The van der Waals surface area contributed by atoms with E-state index in [0.717, 1.165) is 25.7 Å². The summed E-state index contributed by atoms with van der Waals surface area (Å²) in [5.41, 5.74) is 0. The van der Waals surface area contributed by atoms with Crippen molar-refractivity contribution in [2.24, 2.45) is 0 Å². The zero-order valence-corrected chi connectivity index (χ0v) is 8.99. The van der Waals surface area contributed by atoms with Gasteiger partial charge in [-0.25, -0.2) is 8.42 Å². The monoisotopic (exact) mass is 204 g/mol. The minimum atomic E-state index is -2.94. The van der Waals surface area contributed by atoms with Crippen LogP contribution in [-0.2, 0) is 14.6 Å². The van der Waals surface area contributed by atoms with Gasteiger partial charge in [0.1, 0.15) is 0 Å². The molecule has 76 valence electrons. The van der Waals surface area contributed by atoms with Gasteiger partial charge in [-0.2, -0.15) is 0 Å². The van der Waals surface area contributed by atoms with Crippen LogP contribution in [0.2, 0.25) is 0 Å². The fraction of sp³-hybridized carbons (Fsp3) is 1.00. The lowest BCUT2D eigenvalue weighted by Crippen LogP contribution is -2.36. The van der Waals surface area contributed by atoms with Gasteiger partial charge in [-0.3, -0.25) is 0 Å². The number of rotatable bonds is 4. The van der Waals surface area contributed by atoms with E-state index < -0.39 is 19.3 Å². The number of hydrogen-bond donors (Lipinski definition) is 0. The summed E-state index contributed by atoms with van der Waals surface area (Å²) in [7, 11) is -1.37. The van der Waals surface area contributed by atoms with Crippen molar-refractivity contribution < 1.29 is 13.2 Å². The molecule has 0 unspecified atom stereocenters. The summed E-state index contributed by atoms with van der Waals surface area (Å²) in [5, 5.41) is 0. The molecule has 0 aromatic heterocycles. The van der Waals surface area contributed by atoms with Crippen LogP contribution in [0.25, 0.3) is 0 Å². The molecule has 0 spiro atoms. The lowest BCUT2D eigenvalue weighted by atomic mass is 10.4. The van der Waals surface area contributed by atoms with Crippen LogP contribution >= 0.6 is 0 Å². The minimum absolute atomic E-state index is 0.380. The van der Waals surface area contributed by atoms with Gasteiger partial charge in [0.05, 0.1) is 16.1 Å². The van der Waals surface area contributed by atoms with Gasteiger partial charge in [0.2, 0.25) is 0 Å². The minimum Gasteiger partial charge on any atom is -0.383 e. The van der Waals surface area contributed by atoms with Crippen molar-refractivity contribution >= 4 is 9.84 Å². The summed E-state index contributed by atoms with van der Waals surface area (Å²) >= 11 is 0. The van der Waals surface area contributed by atoms with Gasteiger partial charge in [-0.15, -0.1) is 0 Å². The molecule has 0 bridgehead atoms. The first-order valence-electron chi connectivity index (χ1n) is 4.71. The third-order valence-corrected chi connectivity index (χ3v) is 6.76. The summed E-state index contributed by atoms with van der Waals surface area (Å²) in [4.78, 5) is 0. The van der Waals surface area contributed by atoms with Crippen molar-refractivity contribution in [3.8, 4) is 0 Å². The standard InChI is InChI=1S/C9H16O3S/c1-8(3-4-8)13(10,11)9(5-6-9)7-12-2/h3-7H2,1-2H3. The largest absolute Gasteiger partial charge is 0.383 e. The van der Waals surface area contributed by atoms with Crippen molar-refractivity contribution in [3.63, 3.8) is 0 Å². The van der Waals surface area contributed by atoms with E-state index in [1.54, 1.807) is 7.11 Å². The number of ether oxygens (including phenoxy) is 1. The van der Waals surface area contributed by atoms with Gasteiger partial charge < -0.3 is 4.74 Å². The van der Waals surface area contributed by atoms with Crippen molar-refractivity contribution in [1.29, 1.82) is 0 Å². The molecule has 2 fully saturated rings. The van der Waals surface area contributed by atoms with Gasteiger partial charge in [-0.1, -0.05) is 0 Å². The molecule has 0 saturated heterocycles. The first-order chi connectivity index (χ1) is 5.97. The van der Waals surface area contributed by atoms with E-state index in [4.69, 9.17) is 4.74 Å². The van der Waals surface area contributed by atoms with Crippen LogP contribution in [0.15, 0.2) is 0 Å². The molecule has 0 N–H and O–H groups in total. The zero-order chi connectivity index (χ0) is 9.74. The molecule has 0 radical (unpaired) electrons. The van der Waals surface area contributed by atoms with Crippen LogP contribution in [0, 0.1) is 0 Å². The highest BCUT2D eigenvalue weighted by atomic mass is 32.2. The molecule has 0 aliphatic heterocycles. The molecule has 2 aliphatic carbocycles. The quantitative estimate of drug-likeness (QED) is 0.689. The average molecular weight is 204 g/mol. The number of sulfone groups is 1. The van der Waals surface area contributed by atoms with Crippen LogP contribution in [0.5, 0.6) is 0 Å². The van der Waals surface area contributed by atoms with E-state index in [-0.39, 0.29) is 0 Å². The molecular formula is C9H16O3S. The smallest absolute Gasteiger partial charge is 0.163 e. The van der Waals surface area contributed by atoms with Gasteiger partial charge in [0.25, 0.3) is 0 Å². The molecule has 0 amide bonds. The highest BCUT2D eigenvalue weighted by Gasteiger charge is 2.65. The Bertz CT molecular complexity index is 310. The Hall–Kier alpha value is -0.0900. The van der Waals surface area contributed by atoms with Crippen LogP contribution < -0.4 is 0 Å². The highest BCUT2D eigenvalue weighted by molar-refractivity contribution is 7.94. The average Bonchev–Trinajstić information content (AvgIpc) is 2.88. The maximum absolute atomic E-state index is 12.1. The molecule has 4 heteroatoms. The Kier molecular flexibility index (Phi) is 1.81. The summed E-state index contributed by atoms with van der Waals surface area (Å²) in [6.45, 7) is 2.24. The van der Waals surface area contributed by atoms with Crippen molar-refractivity contribution in [2.45, 2.75) is 42.1 Å². The van der Waals surface area contributed by atoms with Crippen LogP contribution in [0.4, 0.5) is 0 Å². The summed E-state index contributed by atoms with van der Waals surface area (Å²) in [6.07, 6.45) is 3.25. The number of methoxy groups -OCH3 is 1. The second-order valence-corrected chi connectivity index (χ2v) is 7.43. The van der Waals surface area contributed by atoms with E-state index in [1.807, 2.05) is 6.92 Å². The summed E-state index contributed by atoms with van der Waals surface area (Å²) < 4.78 is 28.3. The zero-order valence-electron chi connectivity index (χ0n) is 8.17. The maximum Gasteiger partial charge on any atom is 0.163 e. The molecule has 2 aliphatic rings. The second kappa shape index (κ2) is 2.48. The van der Waals surface area contributed by atoms with Crippen molar-refractivity contribution in [3.05, 3.63) is 0 Å². The molecule has 3 nitrogen and oxygen atoms in total. The molecule has 0 aromatic rings. The van der Waals surface area contributed by atoms with Gasteiger partial charge >= 0.3 is 0 Å². The Morgan fingerprint density at radius 2 is 1.77 bits per heavy atom. The van der Waals surface area contributed by atoms with E-state index >= 15 is 0 Å². The van der Waals surface area contributed by atoms with Crippen LogP contribution in [0.3, 0.4) is 0 Å². The molecule has 2 saturated carbocycles. The molecule has 0 aromatic carbocycles. The third-order valence-electron chi connectivity index (χ3n) is 3.39. The summed E-state index contributed by atoms with van der Waals surface area (Å²) in [6, 6.07) is 0. The Morgan fingerprint density at radius 3 is 2.08 bits per heavy atom. The Labute approximate surface area is 79.4 Å². The molecule has 2 rings (SSSR count). The van der Waals surface area contributed by atoms with Crippen molar-refractivity contribution in [2.75, 3.05) is 13.7 Å². The van der Waals surface area contributed by atoms with E-state index in [2.05, 4.69) is 0 Å². The maximum atomic E-state index is 12.1. The SMILES string of the molecule is COCC1(S(=O)(=O)C2(C)CC2)CC1. The fourth-order valence-electron chi connectivity index (χ4n) is 1.86. The predicted molar refractivity (Wildman–Crippen MR) is 50.4 cm³/mol. The topological polar surface area (TPSA) is 43.4 Å². The summed E-state index contributed by atoms with van der Waals surface area (Å²) in [5.74, 6) is 0. The van der Waals surface area contributed by atoms with E-state index in [1.165, 1.54) is 0 Å². The number of hydrogen-bond acceptors (Lipinski definition) is 3. The first-order valence-corrected chi connectivity index (χ1v) is 6.19. The van der Waals surface area contributed by atoms with E-state index in [9.17, 15) is 8.42 Å². The van der Waals surface area contributed by atoms with Gasteiger partial charge in [0, 0.05) is 7.11 Å².